The van der Waals surface area contributed by atoms with E-state index in [9.17, 15) is 4.79 Å². The number of aryl methyl sites for hydroxylation is 2. The number of nitrogen functional groups attached to an aromatic ring is 1. The van der Waals surface area contributed by atoms with Crippen LogP contribution in [0.1, 0.15) is 37.1 Å². The van der Waals surface area contributed by atoms with Crippen molar-refractivity contribution in [2.75, 3.05) is 24.3 Å². The van der Waals surface area contributed by atoms with E-state index in [4.69, 9.17) is 22.1 Å². The third-order valence-electron chi connectivity index (χ3n) is 5.98. The van der Waals surface area contributed by atoms with Gasteiger partial charge < -0.3 is 20.7 Å². The minimum atomic E-state index is 0.237. The highest BCUT2D eigenvalue weighted by molar-refractivity contribution is 7.80. The second-order valence-corrected chi connectivity index (χ2v) is 10.4. The van der Waals surface area contributed by atoms with Crippen molar-refractivity contribution in [3.8, 4) is 0 Å². The van der Waals surface area contributed by atoms with Gasteiger partial charge in [-0.1, -0.05) is 11.6 Å². The Morgan fingerprint density at radius 1 is 1.24 bits per heavy atom. The number of aromatic nitrogens is 2. The van der Waals surface area contributed by atoms with E-state index in [0.717, 1.165) is 41.0 Å². The van der Waals surface area contributed by atoms with Crippen LogP contribution in [-0.4, -0.2) is 46.6 Å². The minimum Gasteiger partial charge on any atom is -0.398 e. The van der Waals surface area contributed by atoms with Crippen LogP contribution in [0.2, 0.25) is 5.02 Å². The van der Waals surface area contributed by atoms with Crippen LogP contribution in [0.25, 0.3) is 10.2 Å². The van der Waals surface area contributed by atoms with Gasteiger partial charge in [-0.15, -0.1) is 24.0 Å². The summed E-state index contributed by atoms with van der Waals surface area (Å²) in [5, 5.41) is 5.02. The van der Waals surface area contributed by atoms with E-state index in [0.29, 0.717) is 28.8 Å². The lowest BCUT2D eigenvalue weighted by Gasteiger charge is -2.35. The van der Waals surface area contributed by atoms with E-state index in [1.165, 1.54) is 23.3 Å². The van der Waals surface area contributed by atoms with Gasteiger partial charge in [0.15, 0.2) is 0 Å². The molecule has 33 heavy (non-hydrogen) atoms. The molecule has 2 aromatic heterocycles. The monoisotopic (exact) mass is 505 g/mol. The molecular formula is C23H28ClN5O2S2. The second-order valence-electron chi connectivity index (χ2n) is 8.42. The van der Waals surface area contributed by atoms with Gasteiger partial charge in [0, 0.05) is 15.5 Å². The van der Waals surface area contributed by atoms with E-state index in [1.54, 1.807) is 28.6 Å². The fraction of sp³-hybridized carbons (Fsp3) is 0.435. The summed E-state index contributed by atoms with van der Waals surface area (Å²) >= 11 is 12.4. The average molecular weight is 506 g/mol. The van der Waals surface area contributed by atoms with Gasteiger partial charge in [-0.3, -0.25) is 4.79 Å². The van der Waals surface area contributed by atoms with Crippen molar-refractivity contribution >= 4 is 69.4 Å². The second kappa shape index (κ2) is 10.5. The smallest absolute Gasteiger partial charge is 0.210 e. The highest BCUT2D eigenvalue weighted by atomic mass is 35.5. The average Bonchev–Trinajstić information content (AvgIpc) is 3.18. The predicted octanol–water partition coefficient (Wildman–Crippen LogP) is 5.09. The van der Waals surface area contributed by atoms with Crippen LogP contribution in [0.3, 0.4) is 0 Å². The molecule has 176 valence electrons. The van der Waals surface area contributed by atoms with Gasteiger partial charge in [0.05, 0.1) is 41.4 Å². The number of ether oxygens (including phenoxy) is 1. The molecule has 3 heterocycles. The minimum absolute atomic E-state index is 0.237. The van der Waals surface area contributed by atoms with Crippen LogP contribution >= 0.6 is 35.6 Å². The van der Waals surface area contributed by atoms with Crippen molar-refractivity contribution in [1.82, 2.24) is 14.9 Å². The van der Waals surface area contributed by atoms with E-state index >= 15 is 0 Å². The van der Waals surface area contributed by atoms with E-state index in [-0.39, 0.29) is 12.1 Å². The number of amides is 1. The maximum absolute atomic E-state index is 10.5. The van der Waals surface area contributed by atoms with E-state index < -0.39 is 0 Å². The Kier molecular flexibility index (Phi) is 7.63. The van der Waals surface area contributed by atoms with Crippen LogP contribution in [0.15, 0.2) is 23.4 Å². The molecule has 1 fully saturated rings. The molecule has 2 atom stereocenters. The molecule has 7 nitrogen and oxygen atoms in total. The molecule has 1 amide bonds. The first-order valence-corrected chi connectivity index (χ1v) is 12.6. The van der Waals surface area contributed by atoms with Crippen LogP contribution in [0.5, 0.6) is 0 Å². The number of thiol groups is 1. The molecule has 0 bridgehead atoms. The summed E-state index contributed by atoms with van der Waals surface area (Å²) < 4.78 is 5.23. The van der Waals surface area contributed by atoms with Crippen LogP contribution in [-0.2, 0) is 22.4 Å². The van der Waals surface area contributed by atoms with Gasteiger partial charge >= 0.3 is 0 Å². The molecular weight excluding hydrogens is 478 g/mol. The zero-order valence-corrected chi connectivity index (χ0v) is 21.1. The Balaban J connectivity index is 0.000000219. The van der Waals surface area contributed by atoms with E-state index in [2.05, 4.69) is 27.9 Å². The van der Waals surface area contributed by atoms with E-state index in [1.807, 2.05) is 19.9 Å². The van der Waals surface area contributed by atoms with Crippen LogP contribution in [0.4, 0.5) is 17.2 Å². The van der Waals surface area contributed by atoms with Crippen LogP contribution < -0.4 is 11.1 Å². The zero-order valence-electron chi connectivity index (χ0n) is 18.7. The molecule has 10 heteroatoms. The van der Waals surface area contributed by atoms with Gasteiger partial charge in [-0.2, -0.15) is 0 Å². The van der Waals surface area contributed by atoms with Gasteiger partial charge in [-0.05, 0) is 57.2 Å². The lowest BCUT2D eigenvalue weighted by atomic mass is 9.97. The number of rotatable bonds is 3. The van der Waals surface area contributed by atoms with Crippen molar-refractivity contribution in [3.05, 3.63) is 33.9 Å². The first-order valence-electron chi connectivity index (χ1n) is 11.0. The number of nitrogens with two attached hydrogens (primary N) is 1. The fourth-order valence-electron chi connectivity index (χ4n) is 4.21. The Morgan fingerprint density at radius 3 is 2.67 bits per heavy atom. The van der Waals surface area contributed by atoms with Crippen molar-refractivity contribution in [2.24, 2.45) is 0 Å². The molecule has 0 radical (unpaired) electrons. The topological polar surface area (TPSA) is 93.4 Å². The zero-order chi connectivity index (χ0) is 23.5. The lowest BCUT2D eigenvalue weighted by molar-refractivity contribution is -0.130. The number of hydrogen-bond acceptors (Lipinski definition) is 8. The summed E-state index contributed by atoms with van der Waals surface area (Å²) in [6.07, 6.45) is 7.20. The Hall–Kier alpha value is -2.07. The highest BCUT2D eigenvalue weighted by Crippen LogP contribution is 2.40. The molecule has 0 spiro atoms. The number of thiophene rings is 1. The van der Waals surface area contributed by atoms with Gasteiger partial charge in [-0.25, -0.2) is 9.97 Å². The summed E-state index contributed by atoms with van der Waals surface area (Å²) in [6.45, 7) is 5.32. The van der Waals surface area contributed by atoms with Gasteiger partial charge in [0.25, 0.3) is 0 Å². The summed E-state index contributed by atoms with van der Waals surface area (Å²) in [6, 6.07) is 4.00. The predicted molar refractivity (Wildman–Crippen MR) is 138 cm³/mol. The first-order chi connectivity index (χ1) is 15.9. The van der Waals surface area contributed by atoms with Gasteiger partial charge in [0.2, 0.25) is 6.41 Å². The van der Waals surface area contributed by atoms with Crippen molar-refractivity contribution in [2.45, 2.75) is 56.5 Å². The highest BCUT2D eigenvalue weighted by Gasteiger charge is 2.23. The molecule has 1 aliphatic carbocycles. The fourth-order valence-corrected chi connectivity index (χ4v) is 5.85. The van der Waals surface area contributed by atoms with Crippen molar-refractivity contribution < 1.29 is 9.53 Å². The summed E-state index contributed by atoms with van der Waals surface area (Å²) in [5.74, 6) is 0.800. The normalized spacial score (nSPS) is 20.1. The van der Waals surface area contributed by atoms with Crippen molar-refractivity contribution in [1.29, 1.82) is 0 Å². The number of halogens is 1. The number of carbonyl (C=O) groups excluding carboxylic acids is 1. The Labute approximate surface area is 208 Å². The quantitative estimate of drug-likeness (QED) is 0.261. The Morgan fingerprint density at radius 2 is 1.97 bits per heavy atom. The molecule has 1 aromatic carbocycles. The Bertz CT molecular complexity index is 1150. The number of carbonyl (C=O) groups is 1. The number of nitrogens with one attached hydrogen (secondary N) is 1. The van der Waals surface area contributed by atoms with Crippen molar-refractivity contribution in [3.63, 3.8) is 0 Å². The molecule has 0 saturated carbocycles. The molecule has 3 N–H and O–H groups in total. The number of hydrogen-bond donors (Lipinski definition) is 3. The maximum atomic E-state index is 10.5. The number of benzene rings is 1. The summed E-state index contributed by atoms with van der Waals surface area (Å²) in [7, 11) is 0. The standard InChI is InChI=1S/C16H15ClN4S2.C7H13NO2/c17-9-5-10(18)12(22)6-11(9)21-15-14-8-3-1-2-4-13(8)23-16(14)20-7-19-15;1-6-3-10-4-7(2)8(6)5-9/h5-7,22H,1-4,18H2,(H,19,20,21);5-7H,3-4H2,1-2H3. The maximum Gasteiger partial charge on any atom is 0.210 e. The van der Waals surface area contributed by atoms with Gasteiger partial charge in [0.1, 0.15) is 17.0 Å². The number of anilines is 3. The number of fused-ring (bicyclic) bond motifs is 3. The molecule has 1 aliphatic heterocycles. The SMILES string of the molecule is CC1COCC(C)N1C=O.Nc1cc(Cl)c(Nc2ncnc3sc4c(c23)CCCC4)cc1S. The largest absolute Gasteiger partial charge is 0.398 e. The molecule has 5 rings (SSSR count). The molecule has 2 unspecified atom stereocenters. The summed E-state index contributed by atoms with van der Waals surface area (Å²) in [4.78, 5) is 24.3. The molecule has 1 saturated heterocycles. The molecule has 3 aromatic rings. The third kappa shape index (κ3) is 5.21. The summed E-state index contributed by atoms with van der Waals surface area (Å²) in [5.41, 5.74) is 8.53. The number of nitrogens with zero attached hydrogens (tertiary/aromatic N) is 3. The lowest BCUT2D eigenvalue weighted by Crippen LogP contribution is -2.48. The number of morpholine rings is 1. The van der Waals surface area contributed by atoms with Crippen LogP contribution in [0, 0.1) is 0 Å². The first kappa shape index (κ1) is 24.1. The molecule has 2 aliphatic rings. The third-order valence-corrected chi connectivity index (χ3v) is 7.88.